The lowest BCUT2D eigenvalue weighted by Crippen LogP contribution is -2.28. The van der Waals surface area contributed by atoms with Crippen LogP contribution >= 0.6 is 11.8 Å². The van der Waals surface area contributed by atoms with Crippen LogP contribution in [0.5, 0.6) is 0 Å². The van der Waals surface area contributed by atoms with E-state index in [4.69, 9.17) is 0 Å². The molecule has 1 aromatic rings. The Kier molecular flexibility index (Phi) is 4.05. The van der Waals surface area contributed by atoms with Gasteiger partial charge in [0.2, 0.25) is 0 Å². The summed E-state index contributed by atoms with van der Waals surface area (Å²) in [6.45, 7) is 2.82. The van der Waals surface area contributed by atoms with Crippen LogP contribution in [0.3, 0.4) is 0 Å². The molecule has 1 heterocycles. The Bertz CT molecular complexity index is 479. The number of ketones is 1. The number of nitrogens with zero attached hydrogens (tertiary/aromatic N) is 1. The Morgan fingerprint density at radius 2 is 2.12 bits per heavy atom. The number of carbonyl (C=O) groups excluding carboxylic acids is 1. The molecule has 0 spiro atoms. The highest BCUT2D eigenvalue weighted by molar-refractivity contribution is 7.99. The molecule has 1 aromatic heterocycles. The molecule has 0 N–H and O–H groups in total. The van der Waals surface area contributed by atoms with E-state index in [1.54, 1.807) is 10.6 Å². The quantitative estimate of drug-likeness (QED) is 0.769. The van der Waals surface area contributed by atoms with Crippen LogP contribution in [0.1, 0.15) is 35.8 Å². The van der Waals surface area contributed by atoms with Gasteiger partial charge < -0.3 is 4.57 Å². The van der Waals surface area contributed by atoms with Crippen molar-refractivity contribution >= 4 is 17.5 Å². The van der Waals surface area contributed by atoms with E-state index in [1.807, 2.05) is 11.8 Å². The second-order valence-electron chi connectivity index (χ2n) is 4.16. The van der Waals surface area contributed by atoms with E-state index in [-0.39, 0.29) is 11.3 Å². The SMILES string of the molecule is CCSCCn1c2c(ccc1=O)C(=O)CCC2. The van der Waals surface area contributed by atoms with E-state index in [1.165, 1.54) is 6.07 Å². The molecular formula is C13H17NO2S. The molecule has 0 fully saturated rings. The van der Waals surface area contributed by atoms with Crippen LogP contribution in [-0.4, -0.2) is 21.9 Å². The summed E-state index contributed by atoms with van der Waals surface area (Å²) >= 11 is 1.82. The van der Waals surface area contributed by atoms with E-state index in [0.717, 1.165) is 35.6 Å². The van der Waals surface area contributed by atoms with Crippen molar-refractivity contribution in [3.05, 3.63) is 33.7 Å². The van der Waals surface area contributed by atoms with Crippen molar-refractivity contribution in [2.75, 3.05) is 11.5 Å². The van der Waals surface area contributed by atoms with E-state index >= 15 is 0 Å². The molecule has 3 nitrogen and oxygen atoms in total. The summed E-state index contributed by atoms with van der Waals surface area (Å²) < 4.78 is 1.79. The molecule has 0 aliphatic heterocycles. The van der Waals surface area contributed by atoms with Crippen LogP contribution in [0.2, 0.25) is 0 Å². The van der Waals surface area contributed by atoms with E-state index < -0.39 is 0 Å². The Morgan fingerprint density at radius 1 is 1.29 bits per heavy atom. The van der Waals surface area contributed by atoms with Gasteiger partial charge in [0.05, 0.1) is 0 Å². The second kappa shape index (κ2) is 5.54. The van der Waals surface area contributed by atoms with E-state index in [2.05, 4.69) is 6.92 Å². The van der Waals surface area contributed by atoms with Gasteiger partial charge in [-0.1, -0.05) is 6.92 Å². The summed E-state index contributed by atoms with van der Waals surface area (Å²) in [4.78, 5) is 23.6. The zero-order chi connectivity index (χ0) is 12.3. The van der Waals surface area contributed by atoms with Crippen LogP contribution < -0.4 is 5.56 Å². The maximum Gasteiger partial charge on any atom is 0.250 e. The first-order valence-corrected chi connectivity index (χ1v) is 7.23. The molecule has 0 saturated carbocycles. The van der Waals surface area contributed by atoms with Gasteiger partial charge in [-0.3, -0.25) is 9.59 Å². The molecule has 17 heavy (non-hydrogen) atoms. The lowest BCUT2D eigenvalue weighted by Gasteiger charge is -2.19. The van der Waals surface area contributed by atoms with Gasteiger partial charge in [-0.25, -0.2) is 0 Å². The third-order valence-electron chi connectivity index (χ3n) is 3.08. The summed E-state index contributed by atoms with van der Waals surface area (Å²) in [7, 11) is 0. The van der Waals surface area contributed by atoms with Crippen molar-refractivity contribution < 1.29 is 4.79 Å². The minimum Gasteiger partial charge on any atom is -0.311 e. The summed E-state index contributed by atoms with van der Waals surface area (Å²) in [5.41, 5.74) is 1.73. The molecule has 0 atom stereocenters. The molecule has 0 bridgehead atoms. The largest absolute Gasteiger partial charge is 0.311 e. The van der Waals surface area contributed by atoms with Gasteiger partial charge in [-0.2, -0.15) is 11.8 Å². The van der Waals surface area contributed by atoms with Crippen LogP contribution in [0.25, 0.3) is 0 Å². The zero-order valence-electron chi connectivity index (χ0n) is 10.1. The normalized spacial score (nSPS) is 14.8. The summed E-state index contributed by atoms with van der Waals surface area (Å²) in [5.74, 6) is 2.17. The van der Waals surface area contributed by atoms with Crippen LogP contribution in [-0.2, 0) is 13.0 Å². The third kappa shape index (κ3) is 2.63. The zero-order valence-corrected chi connectivity index (χ0v) is 10.9. The standard InChI is InChI=1S/C13H17NO2S/c1-2-17-9-8-14-11-4-3-5-12(15)10(11)6-7-13(14)16/h6-7H,2-5,8-9H2,1H3. The maximum absolute atomic E-state index is 11.8. The molecule has 2 rings (SSSR count). The molecule has 0 aromatic carbocycles. The van der Waals surface area contributed by atoms with Gasteiger partial charge in [0, 0.05) is 36.0 Å². The van der Waals surface area contributed by atoms with Crippen molar-refractivity contribution in [1.82, 2.24) is 4.57 Å². The fourth-order valence-electron chi connectivity index (χ4n) is 2.24. The minimum atomic E-state index is 0.0233. The highest BCUT2D eigenvalue weighted by atomic mass is 32.2. The monoisotopic (exact) mass is 251 g/mol. The lowest BCUT2D eigenvalue weighted by atomic mass is 9.94. The average Bonchev–Trinajstić information content (AvgIpc) is 2.32. The molecule has 0 saturated heterocycles. The molecule has 4 heteroatoms. The summed E-state index contributed by atoms with van der Waals surface area (Å²) in [6, 6.07) is 3.22. The van der Waals surface area contributed by atoms with Crippen LogP contribution in [0.15, 0.2) is 16.9 Å². The highest BCUT2D eigenvalue weighted by Gasteiger charge is 2.20. The lowest BCUT2D eigenvalue weighted by molar-refractivity contribution is 0.0970. The number of thioether (sulfide) groups is 1. The summed E-state index contributed by atoms with van der Waals surface area (Å²) in [5, 5.41) is 0. The fourth-order valence-corrected chi connectivity index (χ4v) is 2.84. The van der Waals surface area contributed by atoms with Gasteiger partial charge >= 0.3 is 0 Å². The predicted molar refractivity (Wildman–Crippen MR) is 71.0 cm³/mol. The van der Waals surface area contributed by atoms with Crippen molar-refractivity contribution in [1.29, 1.82) is 0 Å². The number of rotatable bonds is 4. The molecule has 1 aliphatic carbocycles. The highest BCUT2D eigenvalue weighted by Crippen LogP contribution is 2.19. The third-order valence-corrected chi connectivity index (χ3v) is 3.96. The molecule has 1 aliphatic rings. The number of pyridine rings is 1. The van der Waals surface area contributed by atoms with Crippen molar-refractivity contribution in [3.8, 4) is 0 Å². The Balaban J connectivity index is 2.33. The van der Waals surface area contributed by atoms with E-state index in [0.29, 0.717) is 13.0 Å². The molecule has 0 unspecified atom stereocenters. The molecule has 0 amide bonds. The summed E-state index contributed by atoms with van der Waals surface area (Å²) in [6.07, 6.45) is 2.35. The Labute approximate surface area is 105 Å². The first kappa shape index (κ1) is 12.4. The van der Waals surface area contributed by atoms with Gasteiger partial charge in [0.15, 0.2) is 5.78 Å². The number of Topliss-reactive ketones (excluding diaryl/α,β-unsaturated/α-hetero) is 1. The molecule has 0 radical (unpaired) electrons. The predicted octanol–water partition coefficient (Wildman–Crippen LogP) is 2.12. The number of fused-ring (bicyclic) bond motifs is 1. The number of hydrogen-bond donors (Lipinski definition) is 0. The number of carbonyl (C=O) groups is 1. The van der Waals surface area contributed by atoms with Crippen molar-refractivity contribution in [2.45, 2.75) is 32.7 Å². The first-order chi connectivity index (χ1) is 8.24. The Morgan fingerprint density at radius 3 is 2.88 bits per heavy atom. The molecule has 92 valence electrons. The average molecular weight is 251 g/mol. The maximum atomic E-state index is 11.8. The van der Waals surface area contributed by atoms with Gasteiger partial charge in [-0.15, -0.1) is 0 Å². The van der Waals surface area contributed by atoms with E-state index in [9.17, 15) is 9.59 Å². The first-order valence-electron chi connectivity index (χ1n) is 6.07. The van der Waals surface area contributed by atoms with Crippen LogP contribution in [0, 0.1) is 0 Å². The fraction of sp³-hybridized carbons (Fsp3) is 0.538. The smallest absolute Gasteiger partial charge is 0.250 e. The van der Waals surface area contributed by atoms with Crippen LogP contribution in [0.4, 0.5) is 0 Å². The van der Waals surface area contributed by atoms with Gasteiger partial charge in [0.25, 0.3) is 5.56 Å². The number of aromatic nitrogens is 1. The van der Waals surface area contributed by atoms with Gasteiger partial charge in [0.1, 0.15) is 0 Å². The number of hydrogen-bond acceptors (Lipinski definition) is 3. The Hall–Kier alpha value is -1.03. The topological polar surface area (TPSA) is 39.1 Å². The van der Waals surface area contributed by atoms with Crippen molar-refractivity contribution in [2.24, 2.45) is 0 Å². The van der Waals surface area contributed by atoms with Gasteiger partial charge in [-0.05, 0) is 24.7 Å². The second-order valence-corrected chi connectivity index (χ2v) is 5.55. The molecular weight excluding hydrogens is 234 g/mol. The minimum absolute atomic E-state index is 0.0233. The van der Waals surface area contributed by atoms with Crippen molar-refractivity contribution in [3.63, 3.8) is 0 Å².